The van der Waals surface area contributed by atoms with E-state index in [0.29, 0.717) is 16.6 Å². The van der Waals surface area contributed by atoms with Crippen molar-refractivity contribution in [1.82, 2.24) is 38.7 Å². The number of rotatable bonds is 8. The molecule has 0 bridgehead atoms. The lowest BCUT2D eigenvalue weighted by molar-refractivity contribution is 0.270. The summed E-state index contributed by atoms with van der Waals surface area (Å²) in [6, 6.07) is 5.26. The number of hydrogen-bond donors (Lipinski definition) is 2. The van der Waals surface area contributed by atoms with E-state index in [1.165, 1.54) is 17.1 Å². The van der Waals surface area contributed by atoms with Crippen LogP contribution in [0.15, 0.2) is 46.4 Å². The lowest BCUT2D eigenvalue weighted by Crippen LogP contribution is -2.43. The second-order valence-electron chi connectivity index (χ2n) is 8.51. The summed E-state index contributed by atoms with van der Waals surface area (Å²) in [5, 5.41) is 20.9. The standard InChI is InChI=1S/C23H19Cl2F2N9O3/c1-33-11-28-19(32-33)10-36-22(38)30-21(35(23(36)39)8-12-4-15(25)20(27)16(26)5-12)29-18-6-13-9-34(2-3-37)31-17(13)7-14(18)24/h4-7,9,11,37H,2-3,8,10H2,1H3,(H,29,30,38). The van der Waals surface area contributed by atoms with Gasteiger partial charge < -0.3 is 10.4 Å². The van der Waals surface area contributed by atoms with E-state index >= 15 is 0 Å². The van der Waals surface area contributed by atoms with Crippen LogP contribution in [0.4, 0.5) is 20.4 Å². The van der Waals surface area contributed by atoms with E-state index in [-0.39, 0.29) is 48.6 Å². The minimum Gasteiger partial charge on any atom is -0.394 e. The highest BCUT2D eigenvalue weighted by atomic mass is 35.5. The number of aliphatic hydroxyl groups excluding tert-OH is 1. The van der Waals surface area contributed by atoms with E-state index in [1.54, 1.807) is 30.1 Å². The summed E-state index contributed by atoms with van der Waals surface area (Å²) < 4.78 is 32.7. The first-order valence-corrected chi connectivity index (χ1v) is 12.1. The Balaban J connectivity index is 1.61. The zero-order chi connectivity index (χ0) is 27.8. The van der Waals surface area contributed by atoms with Gasteiger partial charge in [0.2, 0.25) is 5.95 Å². The molecule has 202 valence electrons. The average Bonchev–Trinajstić information content (AvgIpc) is 3.47. The van der Waals surface area contributed by atoms with Gasteiger partial charge >= 0.3 is 11.4 Å². The summed E-state index contributed by atoms with van der Waals surface area (Å²) in [5.74, 6) is -2.44. The van der Waals surface area contributed by atoms with Crippen LogP contribution in [0.25, 0.3) is 10.9 Å². The molecule has 5 aromatic rings. The molecule has 0 aliphatic rings. The van der Waals surface area contributed by atoms with Gasteiger partial charge in [0.05, 0.1) is 47.5 Å². The minimum absolute atomic E-state index is 0.110. The number of nitrogens with one attached hydrogen (secondary N) is 1. The third kappa shape index (κ3) is 5.39. The van der Waals surface area contributed by atoms with E-state index in [9.17, 15) is 23.5 Å². The van der Waals surface area contributed by atoms with E-state index < -0.39 is 28.0 Å². The first-order valence-electron chi connectivity index (χ1n) is 11.4. The molecule has 16 heteroatoms. The Morgan fingerprint density at radius 2 is 1.82 bits per heavy atom. The van der Waals surface area contributed by atoms with Crippen LogP contribution in [0.1, 0.15) is 11.4 Å². The van der Waals surface area contributed by atoms with Crippen LogP contribution in [-0.4, -0.2) is 50.4 Å². The van der Waals surface area contributed by atoms with E-state index in [1.807, 2.05) is 0 Å². The van der Waals surface area contributed by atoms with Gasteiger partial charge in [-0.05, 0) is 29.8 Å². The molecule has 0 spiro atoms. The SMILES string of the molecule is Cn1cnc(Cn2c(=O)nc(Nc3cc4cn(CCO)nc4cc3Cl)n(Cc3cc(F)c(F)c(Cl)c3)c2=O)n1. The van der Waals surface area contributed by atoms with E-state index in [4.69, 9.17) is 23.2 Å². The number of aromatic nitrogens is 8. The molecule has 12 nitrogen and oxygen atoms in total. The van der Waals surface area contributed by atoms with Gasteiger partial charge in [0.25, 0.3) is 0 Å². The topological polar surface area (TPSA) is 138 Å². The fourth-order valence-electron chi connectivity index (χ4n) is 3.91. The van der Waals surface area contributed by atoms with Crippen LogP contribution in [-0.2, 0) is 26.7 Å². The lowest BCUT2D eigenvalue weighted by Gasteiger charge is -2.16. The molecule has 3 aromatic heterocycles. The van der Waals surface area contributed by atoms with Crippen LogP contribution < -0.4 is 16.7 Å². The summed E-state index contributed by atoms with van der Waals surface area (Å²) in [6.07, 6.45) is 3.10. The summed E-state index contributed by atoms with van der Waals surface area (Å²) in [5.41, 5.74) is -0.737. The molecule has 0 saturated heterocycles. The van der Waals surface area contributed by atoms with E-state index in [0.717, 1.165) is 15.2 Å². The highest BCUT2D eigenvalue weighted by Gasteiger charge is 2.19. The Labute approximate surface area is 227 Å². The number of aliphatic hydroxyl groups is 1. The predicted molar refractivity (Wildman–Crippen MR) is 138 cm³/mol. The van der Waals surface area contributed by atoms with Gasteiger partial charge in [-0.1, -0.05) is 23.2 Å². The van der Waals surface area contributed by atoms with Gasteiger partial charge in [0, 0.05) is 18.6 Å². The van der Waals surface area contributed by atoms with Crippen molar-refractivity contribution in [3.63, 3.8) is 0 Å². The van der Waals surface area contributed by atoms with Crippen LogP contribution in [0, 0.1) is 11.6 Å². The number of nitrogens with zero attached hydrogens (tertiary/aromatic N) is 8. The Bertz CT molecular complexity index is 1810. The Kier molecular flexibility index (Phi) is 7.16. The summed E-state index contributed by atoms with van der Waals surface area (Å²) in [6.45, 7) is -0.436. The molecular weight excluding hydrogens is 559 g/mol. The van der Waals surface area contributed by atoms with Gasteiger partial charge in [0.1, 0.15) is 6.33 Å². The highest BCUT2D eigenvalue weighted by molar-refractivity contribution is 6.34. The van der Waals surface area contributed by atoms with Crippen LogP contribution in [0.3, 0.4) is 0 Å². The molecule has 0 amide bonds. The lowest BCUT2D eigenvalue weighted by atomic mass is 10.2. The minimum atomic E-state index is -1.22. The Morgan fingerprint density at radius 3 is 2.51 bits per heavy atom. The quantitative estimate of drug-likeness (QED) is 0.268. The molecular formula is C23H19Cl2F2N9O3. The van der Waals surface area contributed by atoms with Gasteiger partial charge in [-0.3, -0.25) is 13.9 Å². The van der Waals surface area contributed by atoms with Crippen molar-refractivity contribution < 1.29 is 13.9 Å². The largest absolute Gasteiger partial charge is 0.394 e. The maximum absolute atomic E-state index is 14.1. The van der Waals surface area contributed by atoms with Crippen molar-refractivity contribution in [3.05, 3.63) is 90.8 Å². The highest BCUT2D eigenvalue weighted by Crippen LogP contribution is 2.29. The number of halogens is 4. The third-order valence-corrected chi connectivity index (χ3v) is 6.28. The molecule has 0 aliphatic heterocycles. The van der Waals surface area contributed by atoms with E-state index in [2.05, 4.69) is 25.5 Å². The maximum atomic E-state index is 14.1. The number of aryl methyl sites for hydroxylation is 1. The third-order valence-electron chi connectivity index (χ3n) is 5.70. The van der Waals surface area contributed by atoms with Gasteiger partial charge in [-0.2, -0.15) is 15.2 Å². The fourth-order valence-corrected chi connectivity index (χ4v) is 4.35. The monoisotopic (exact) mass is 577 g/mol. The molecule has 0 radical (unpaired) electrons. The summed E-state index contributed by atoms with van der Waals surface area (Å²) in [4.78, 5) is 34.5. The molecule has 2 N–H and O–H groups in total. The first-order chi connectivity index (χ1) is 18.6. The molecule has 0 unspecified atom stereocenters. The van der Waals surface area contributed by atoms with Crippen LogP contribution in [0.2, 0.25) is 10.0 Å². The number of anilines is 2. The number of benzene rings is 2. The van der Waals surface area contributed by atoms with Crippen LogP contribution >= 0.6 is 23.2 Å². The summed E-state index contributed by atoms with van der Waals surface area (Å²) >= 11 is 12.3. The van der Waals surface area contributed by atoms with Gasteiger partial charge in [-0.25, -0.2) is 27.9 Å². The molecule has 5 rings (SSSR count). The van der Waals surface area contributed by atoms with Crippen molar-refractivity contribution in [2.24, 2.45) is 7.05 Å². The van der Waals surface area contributed by atoms with Crippen molar-refractivity contribution in [1.29, 1.82) is 0 Å². The molecule has 0 aliphatic carbocycles. The van der Waals surface area contributed by atoms with Crippen molar-refractivity contribution in [3.8, 4) is 0 Å². The zero-order valence-corrected chi connectivity index (χ0v) is 21.7. The maximum Gasteiger partial charge on any atom is 0.355 e. The second-order valence-corrected chi connectivity index (χ2v) is 9.33. The van der Waals surface area contributed by atoms with Gasteiger partial charge in [0.15, 0.2) is 17.5 Å². The molecule has 0 fully saturated rings. The normalized spacial score (nSPS) is 11.4. The number of fused-ring (bicyclic) bond motifs is 1. The molecule has 0 saturated carbocycles. The first kappa shape index (κ1) is 26.5. The predicted octanol–water partition coefficient (Wildman–Crippen LogP) is 2.30. The van der Waals surface area contributed by atoms with Crippen molar-refractivity contribution in [2.45, 2.75) is 19.6 Å². The molecule has 2 aromatic carbocycles. The molecule has 3 heterocycles. The number of hydrogen-bond acceptors (Lipinski definition) is 8. The Hall–Kier alpha value is -4.14. The molecule has 0 atom stereocenters. The smallest absolute Gasteiger partial charge is 0.355 e. The summed E-state index contributed by atoms with van der Waals surface area (Å²) in [7, 11) is 1.63. The van der Waals surface area contributed by atoms with Crippen molar-refractivity contribution >= 4 is 45.7 Å². The Morgan fingerprint density at radius 1 is 1.03 bits per heavy atom. The van der Waals surface area contributed by atoms with Gasteiger partial charge in [-0.15, -0.1) is 0 Å². The van der Waals surface area contributed by atoms with Crippen molar-refractivity contribution in [2.75, 3.05) is 11.9 Å². The zero-order valence-electron chi connectivity index (χ0n) is 20.1. The van der Waals surface area contributed by atoms with Crippen LogP contribution in [0.5, 0.6) is 0 Å². The fraction of sp³-hybridized carbons (Fsp3) is 0.217. The molecule has 39 heavy (non-hydrogen) atoms. The second kappa shape index (κ2) is 10.6. The average molecular weight is 578 g/mol.